The van der Waals surface area contributed by atoms with Gasteiger partial charge >= 0.3 is 0 Å². The highest BCUT2D eigenvalue weighted by atomic mass is 35.5. The van der Waals surface area contributed by atoms with Crippen molar-refractivity contribution < 1.29 is 28.6 Å². The standard InChI is InChI=1S/C27H32ClFN2O5/c1-3-18-10-17(2)11-20(12-18)36-15-24(33)30-26-6-8-27(9-7-26,23(32)14-26)31-25(34)16-35-19-4-5-21(28)22(29)13-19/h4-5,10-13,23,32H,3,6-9,14-16H2,1-2H3,(H,30,33)(H,31,34)/t23-,26?,27?/m0/s1. The number of fused-ring (bicyclic) bond motifs is 3. The van der Waals surface area contributed by atoms with Gasteiger partial charge in [-0.05, 0) is 80.8 Å². The summed E-state index contributed by atoms with van der Waals surface area (Å²) in [5, 5.41) is 16.9. The fraction of sp³-hybridized carbons (Fsp3) is 0.481. The van der Waals surface area contributed by atoms with Gasteiger partial charge in [-0.15, -0.1) is 0 Å². The van der Waals surface area contributed by atoms with Crippen LogP contribution in [0, 0.1) is 12.7 Å². The Morgan fingerprint density at radius 1 is 1.03 bits per heavy atom. The quantitative estimate of drug-likeness (QED) is 0.468. The molecule has 3 aliphatic rings. The predicted octanol–water partition coefficient (Wildman–Crippen LogP) is 3.86. The van der Waals surface area contributed by atoms with E-state index in [0.717, 1.165) is 23.6 Å². The molecule has 36 heavy (non-hydrogen) atoms. The number of benzene rings is 2. The number of amides is 2. The molecule has 0 radical (unpaired) electrons. The van der Waals surface area contributed by atoms with Crippen molar-refractivity contribution in [3.63, 3.8) is 0 Å². The van der Waals surface area contributed by atoms with Crippen molar-refractivity contribution in [3.8, 4) is 11.5 Å². The van der Waals surface area contributed by atoms with Crippen LogP contribution in [0.5, 0.6) is 11.5 Å². The van der Waals surface area contributed by atoms with Crippen LogP contribution in [0.15, 0.2) is 36.4 Å². The van der Waals surface area contributed by atoms with Crippen LogP contribution in [-0.2, 0) is 16.0 Å². The second-order valence-electron chi connectivity index (χ2n) is 9.91. The average molecular weight is 519 g/mol. The number of carbonyl (C=O) groups is 2. The van der Waals surface area contributed by atoms with Crippen LogP contribution >= 0.6 is 11.6 Å². The number of aliphatic hydroxyl groups excluding tert-OH is 1. The van der Waals surface area contributed by atoms with Gasteiger partial charge in [-0.1, -0.05) is 24.6 Å². The number of hydrogen-bond acceptors (Lipinski definition) is 5. The van der Waals surface area contributed by atoms with Gasteiger partial charge in [0.15, 0.2) is 13.2 Å². The van der Waals surface area contributed by atoms with E-state index in [9.17, 15) is 19.1 Å². The minimum atomic E-state index is -0.818. The predicted molar refractivity (Wildman–Crippen MR) is 134 cm³/mol. The molecular formula is C27H32ClFN2O5. The number of nitrogens with one attached hydrogen (secondary N) is 2. The SMILES string of the molecule is CCc1cc(C)cc(OCC(=O)NC23CCC(NC(=O)COc4ccc(Cl)c(F)c4)(CC2)[C@@H](O)C3)c1. The largest absolute Gasteiger partial charge is 0.484 e. The van der Waals surface area contributed by atoms with E-state index >= 15 is 0 Å². The first-order valence-corrected chi connectivity index (χ1v) is 12.6. The summed E-state index contributed by atoms with van der Waals surface area (Å²) < 4.78 is 24.7. The van der Waals surface area contributed by atoms with E-state index in [1.54, 1.807) is 0 Å². The molecule has 0 aromatic heterocycles. The van der Waals surface area contributed by atoms with Crippen molar-refractivity contribution in [3.05, 3.63) is 58.4 Å². The fourth-order valence-electron chi connectivity index (χ4n) is 5.28. The summed E-state index contributed by atoms with van der Waals surface area (Å²) in [7, 11) is 0. The molecule has 1 atom stereocenters. The summed E-state index contributed by atoms with van der Waals surface area (Å²) in [4.78, 5) is 25.3. The minimum absolute atomic E-state index is 0.0267. The second kappa shape index (κ2) is 10.6. The van der Waals surface area contributed by atoms with E-state index < -0.39 is 28.9 Å². The van der Waals surface area contributed by atoms with Gasteiger partial charge < -0.3 is 25.2 Å². The third-order valence-electron chi connectivity index (χ3n) is 7.26. The Morgan fingerprint density at radius 3 is 2.33 bits per heavy atom. The molecule has 194 valence electrons. The molecular weight excluding hydrogens is 487 g/mol. The Labute approximate surface area is 215 Å². The van der Waals surface area contributed by atoms with Crippen LogP contribution in [0.2, 0.25) is 5.02 Å². The lowest BCUT2D eigenvalue weighted by molar-refractivity contribution is -0.137. The zero-order valence-corrected chi connectivity index (χ0v) is 21.3. The Balaban J connectivity index is 1.28. The molecule has 3 aliphatic carbocycles. The van der Waals surface area contributed by atoms with E-state index in [2.05, 4.69) is 23.6 Å². The molecule has 0 unspecified atom stereocenters. The zero-order chi connectivity index (χ0) is 25.9. The maximum absolute atomic E-state index is 13.6. The molecule has 3 saturated carbocycles. The van der Waals surface area contributed by atoms with Crippen LogP contribution < -0.4 is 20.1 Å². The highest BCUT2D eigenvalue weighted by molar-refractivity contribution is 6.30. The molecule has 3 N–H and O–H groups in total. The Bertz CT molecular complexity index is 1130. The lowest BCUT2D eigenvalue weighted by atomic mass is 9.60. The number of halogens is 2. The van der Waals surface area contributed by atoms with Crippen molar-refractivity contribution in [2.75, 3.05) is 13.2 Å². The summed E-state index contributed by atoms with van der Waals surface area (Å²) in [5.41, 5.74) is 0.934. The monoisotopic (exact) mass is 518 g/mol. The van der Waals surface area contributed by atoms with Gasteiger partial charge in [0.2, 0.25) is 0 Å². The Kier molecular flexibility index (Phi) is 7.76. The topological polar surface area (TPSA) is 96.9 Å². The van der Waals surface area contributed by atoms with Gasteiger partial charge in [-0.25, -0.2) is 4.39 Å². The molecule has 0 heterocycles. The maximum Gasteiger partial charge on any atom is 0.258 e. The lowest BCUT2D eigenvalue weighted by Crippen LogP contribution is -2.70. The summed E-state index contributed by atoms with van der Waals surface area (Å²) in [6.45, 7) is 3.64. The van der Waals surface area contributed by atoms with E-state index in [0.29, 0.717) is 37.9 Å². The maximum atomic E-state index is 13.6. The number of aliphatic hydroxyl groups is 1. The van der Waals surface area contributed by atoms with Crippen molar-refractivity contribution in [1.29, 1.82) is 0 Å². The molecule has 2 aromatic rings. The smallest absolute Gasteiger partial charge is 0.258 e. The third-order valence-corrected chi connectivity index (χ3v) is 7.57. The Morgan fingerprint density at radius 2 is 1.69 bits per heavy atom. The van der Waals surface area contributed by atoms with Crippen molar-refractivity contribution >= 4 is 23.4 Å². The van der Waals surface area contributed by atoms with E-state index in [4.69, 9.17) is 21.1 Å². The minimum Gasteiger partial charge on any atom is -0.484 e. The van der Waals surface area contributed by atoms with Crippen molar-refractivity contribution in [1.82, 2.24) is 10.6 Å². The van der Waals surface area contributed by atoms with Gasteiger partial charge in [0.1, 0.15) is 17.3 Å². The Hall–Kier alpha value is -2.84. The second-order valence-corrected chi connectivity index (χ2v) is 10.3. The number of ether oxygens (including phenoxy) is 2. The number of carbonyl (C=O) groups excluding carboxylic acids is 2. The number of aryl methyl sites for hydroxylation is 2. The molecule has 2 amide bonds. The van der Waals surface area contributed by atoms with Gasteiger partial charge in [0.05, 0.1) is 16.7 Å². The normalized spacial score (nSPS) is 24.8. The first-order valence-electron chi connectivity index (χ1n) is 12.2. The molecule has 9 heteroatoms. The van der Waals surface area contributed by atoms with Gasteiger partial charge in [0.25, 0.3) is 11.8 Å². The third kappa shape index (κ3) is 5.93. The number of hydrogen-bond donors (Lipinski definition) is 3. The summed E-state index contributed by atoms with van der Waals surface area (Å²) in [6.07, 6.45) is 2.71. The molecule has 2 aromatic carbocycles. The highest BCUT2D eigenvalue weighted by Gasteiger charge is 2.55. The van der Waals surface area contributed by atoms with Crippen LogP contribution in [0.4, 0.5) is 4.39 Å². The van der Waals surface area contributed by atoms with Crippen LogP contribution in [0.1, 0.15) is 50.2 Å². The van der Waals surface area contributed by atoms with E-state index in [1.807, 2.05) is 19.1 Å². The summed E-state index contributed by atoms with van der Waals surface area (Å²) >= 11 is 5.66. The van der Waals surface area contributed by atoms with E-state index in [1.165, 1.54) is 12.1 Å². The summed E-state index contributed by atoms with van der Waals surface area (Å²) in [5.74, 6) is -0.406. The molecule has 2 bridgehead atoms. The first-order chi connectivity index (χ1) is 17.1. The average Bonchev–Trinajstić information content (AvgIpc) is 2.84. The molecule has 0 spiro atoms. The first kappa shape index (κ1) is 26.2. The van der Waals surface area contributed by atoms with Crippen molar-refractivity contribution in [2.45, 2.75) is 69.6 Å². The van der Waals surface area contributed by atoms with Crippen LogP contribution in [0.25, 0.3) is 0 Å². The highest BCUT2D eigenvalue weighted by Crippen LogP contribution is 2.47. The molecule has 0 aliphatic heterocycles. The van der Waals surface area contributed by atoms with Crippen molar-refractivity contribution in [2.24, 2.45) is 0 Å². The molecule has 3 fully saturated rings. The van der Waals surface area contributed by atoms with Gasteiger partial charge in [-0.3, -0.25) is 9.59 Å². The lowest BCUT2D eigenvalue weighted by Gasteiger charge is -2.56. The fourth-order valence-corrected chi connectivity index (χ4v) is 5.40. The van der Waals surface area contributed by atoms with Gasteiger partial charge in [-0.2, -0.15) is 0 Å². The van der Waals surface area contributed by atoms with Crippen LogP contribution in [-0.4, -0.2) is 47.3 Å². The van der Waals surface area contributed by atoms with E-state index in [-0.39, 0.29) is 29.9 Å². The summed E-state index contributed by atoms with van der Waals surface area (Å²) in [6, 6.07) is 9.89. The molecule has 0 saturated heterocycles. The molecule has 5 rings (SSSR count). The van der Waals surface area contributed by atoms with Gasteiger partial charge in [0, 0.05) is 11.6 Å². The van der Waals surface area contributed by atoms with Crippen LogP contribution in [0.3, 0.4) is 0 Å². The number of rotatable bonds is 9. The molecule has 7 nitrogen and oxygen atoms in total. The zero-order valence-electron chi connectivity index (χ0n) is 20.5.